The molecular formula is C24H32O2. The molecule has 2 aromatic rings. The second kappa shape index (κ2) is 7.34. The monoisotopic (exact) mass is 352 g/mol. The van der Waals surface area contributed by atoms with Gasteiger partial charge in [0.1, 0.15) is 11.5 Å². The highest BCUT2D eigenvalue weighted by molar-refractivity contribution is 5.98. The Hall–Kier alpha value is -1.96. The summed E-state index contributed by atoms with van der Waals surface area (Å²) >= 11 is 0. The van der Waals surface area contributed by atoms with Crippen LogP contribution in [0.2, 0.25) is 0 Å². The number of allylic oxidation sites excluding steroid dienone is 1. The Morgan fingerprint density at radius 2 is 1.42 bits per heavy atom. The molecule has 2 heteroatoms. The summed E-state index contributed by atoms with van der Waals surface area (Å²) in [4.78, 5) is 0. The number of hydrogen-bond donors (Lipinski definition) is 0. The smallest absolute Gasteiger partial charge is 0.135 e. The van der Waals surface area contributed by atoms with E-state index < -0.39 is 0 Å². The van der Waals surface area contributed by atoms with Gasteiger partial charge in [0.15, 0.2) is 0 Å². The molecular weight excluding hydrogens is 320 g/mol. The average Bonchev–Trinajstić information content (AvgIpc) is 2.63. The Kier molecular flexibility index (Phi) is 5.32. The van der Waals surface area contributed by atoms with Crippen LogP contribution in [0.1, 0.15) is 65.5 Å². The molecule has 1 aliphatic rings. The maximum Gasteiger partial charge on any atom is 0.135 e. The van der Waals surface area contributed by atoms with E-state index in [9.17, 15) is 0 Å². The van der Waals surface area contributed by atoms with Crippen molar-refractivity contribution in [2.24, 2.45) is 5.41 Å². The second-order valence-electron chi connectivity index (χ2n) is 8.01. The lowest BCUT2D eigenvalue weighted by Crippen LogP contribution is -2.24. The normalized spacial score (nSPS) is 15.5. The molecule has 0 amide bonds. The number of ether oxygens (including phenoxy) is 2. The molecule has 0 spiro atoms. The molecule has 0 saturated heterocycles. The summed E-state index contributed by atoms with van der Waals surface area (Å²) in [5.74, 6) is 2.04. The van der Waals surface area contributed by atoms with Gasteiger partial charge in [-0.1, -0.05) is 50.3 Å². The van der Waals surface area contributed by atoms with Gasteiger partial charge in [0.05, 0.1) is 12.2 Å². The fraction of sp³-hybridized carbons (Fsp3) is 0.500. The van der Waals surface area contributed by atoms with E-state index in [0.29, 0.717) is 0 Å². The molecule has 0 saturated carbocycles. The van der Waals surface area contributed by atoms with Gasteiger partial charge in [-0.3, -0.25) is 0 Å². The zero-order chi connectivity index (χ0) is 18.9. The lowest BCUT2D eigenvalue weighted by Gasteiger charge is -2.35. The molecule has 1 aliphatic carbocycles. The van der Waals surface area contributed by atoms with E-state index in [1.54, 1.807) is 0 Å². The van der Waals surface area contributed by atoms with Gasteiger partial charge in [0, 0.05) is 21.9 Å². The van der Waals surface area contributed by atoms with E-state index in [0.717, 1.165) is 41.5 Å². The summed E-state index contributed by atoms with van der Waals surface area (Å²) in [5.41, 5.74) is 2.71. The highest BCUT2D eigenvalue weighted by Crippen LogP contribution is 2.49. The molecule has 0 aliphatic heterocycles. The van der Waals surface area contributed by atoms with Crippen molar-refractivity contribution in [2.45, 2.75) is 73.0 Å². The first-order valence-corrected chi connectivity index (χ1v) is 10.0. The van der Waals surface area contributed by atoms with Crippen LogP contribution in [0.25, 0.3) is 16.8 Å². The lowest BCUT2D eigenvalue weighted by atomic mass is 9.72. The molecule has 26 heavy (non-hydrogen) atoms. The minimum absolute atomic E-state index is 0.136. The standard InChI is InChI=1S/C24H32O2/c1-7-24(8-2)14-13-20-21(15-24)23(26-17(5)6)19-12-10-9-11-18(19)22(20)25-16(3)4/h9-14,16-17H,7-8,15H2,1-6H3. The fourth-order valence-electron chi connectivity index (χ4n) is 3.94. The summed E-state index contributed by atoms with van der Waals surface area (Å²) in [5, 5.41) is 2.30. The van der Waals surface area contributed by atoms with Gasteiger partial charge in [-0.2, -0.15) is 0 Å². The highest BCUT2D eigenvalue weighted by Gasteiger charge is 2.32. The third kappa shape index (κ3) is 3.34. The Labute approximate surface area is 158 Å². The van der Waals surface area contributed by atoms with Crippen LogP contribution in [0.5, 0.6) is 11.5 Å². The van der Waals surface area contributed by atoms with Crippen molar-refractivity contribution in [3.8, 4) is 11.5 Å². The van der Waals surface area contributed by atoms with Crippen LogP contribution in [0.3, 0.4) is 0 Å². The van der Waals surface area contributed by atoms with Crippen molar-refractivity contribution in [1.82, 2.24) is 0 Å². The van der Waals surface area contributed by atoms with Crippen molar-refractivity contribution >= 4 is 16.8 Å². The molecule has 3 rings (SSSR count). The first kappa shape index (κ1) is 18.8. The summed E-state index contributed by atoms with van der Waals surface area (Å²) in [6, 6.07) is 8.48. The van der Waals surface area contributed by atoms with Gasteiger partial charge in [0.2, 0.25) is 0 Å². The Balaban J connectivity index is 2.33. The van der Waals surface area contributed by atoms with Crippen LogP contribution in [0.4, 0.5) is 0 Å². The van der Waals surface area contributed by atoms with Crippen LogP contribution in [0.15, 0.2) is 30.3 Å². The number of benzene rings is 2. The zero-order valence-corrected chi connectivity index (χ0v) is 17.1. The van der Waals surface area contributed by atoms with Crippen LogP contribution in [0, 0.1) is 5.41 Å². The van der Waals surface area contributed by atoms with Crippen LogP contribution in [-0.4, -0.2) is 12.2 Å². The predicted molar refractivity (Wildman–Crippen MR) is 111 cm³/mol. The average molecular weight is 353 g/mol. The number of fused-ring (bicyclic) bond motifs is 2. The molecule has 2 aromatic carbocycles. The third-order valence-electron chi connectivity index (χ3n) is 5.51. The fourth-order valence-corrected chi connectivity index (χ4v) is 3.94. The minimum atomic E-state index is 0.136. The van der Waals surface area contributed by atoms with Gasteiger partial charge in [-0.05, 0) is 52.4 Å². The Morgan fingerprint density at radius 3 is 1.96 bits per heavy atom. The van der Waals surface area contributed by atoms with E-state index in [1.807, 2.05) is 0 Å². The SMILES string of the molecule is CCC1(CC)C=Cc2c(c(OC(C)C)c3ccccc3c2OC(C)C)C1. The zero-order valence-electron chi connectivity index (χ0n) is 17.1. The predicted octanol–water partition coefficient (Wildman–Crippen LogP) is 6.79. The molecule has 0 fully saturated rings. The van der Waals surface area contributed by atoms with Crippen LogP contribution < -0.4 is 9.47 Å². The lowest BCUT2D eigenvalue weighted by molar-refractivity contribution is 0.233. The van der Waals surface area contributed by atoms with Crippen molar-refractivity contribution in [2.75, 3.05) is 0 Å². The van der Waals surface area contributed by atoms with Gasteiger partial charge >= 0.3 is 0 Å². The van der Waals surface area contributed by atoms with Gasteiger partial charge in [-0.25, -0.2) is 0 Å². The topological polar surface area (TPSA) is 18.5 Å². The molecule has 0 heterocycles. The minimum Gasteiger partial charge on any atom is -0.490 e. The van der Waals surface area contributed by atoms with Crippen LogP contribution in [-0.2, 0) is 6.42 Å². The second-order valence-corrected chi connectivity index (χ2v) is 8.01. The molecule has 0 N–H and O–H groups in total. The van der Waals surface area contributed by atoms with Crippen molar-refractivity contribution in [1.29, 1.82) is 0 Å². The largest absolute Gasteiger partial charge is 0.490 e. The van der Waals surface area contributed by atoms with Crippen molar-refractivity contribution in [3.05, 3.63) is 41.5 Å². The van der Waals surface area contributed by atoms with E-state index in [2.05, 4.69) is 78.0 Å². The van der Waals surface area contributed by atoms with E-state index in [-0.39, 0.29) is 17.6 Å². The molecule has 0 atom stereocenters. The first-order valence-electron chi connectivity index (χ1n) is 10.0. The van der Waals surface area contributed by atoms with E-state index in [4.69, 9.17) is 9.47 Å². The number of hydrogen-bond acceptors (Lipinski definition) is 2. The molecule has 2 nitrogen and oxygen atoms in total. The molecule has 0 radical (unpaired) electrons. The Morgan fingerprint density at radius 1 is 0.885 bits per heavy atom. The first-order chi connectivity index (χ1) is 12.4. The van der Waals surface area contributed by atoms with Gasteiger partial charge in [0.25, 0.3) is 0 Å². The van der Waals surface area contributed by atoms with Crippen LogP contribution >= 0.6 is 0 Å². The quantitative estimate of drug-likeness (QED) is 0.570. The van der Waals surface area contributed by atoms with Gasteiger partial charge in [-0.15, -0.1) is 0 Å². The molecule has 0 unspecified atom stereocenters. The van der Waals surface area contributed by atoms with E-state index >= 15 is 0 Å². The molecule has 140 valence electrons. The summed E-state index contributed by atoms with van der Waals surface area (Å²) in [7, 11) is 0. The van der Waals surface area contributed by atoms with Crippen molar-refractivity contribution in [3.63, 3.8) is 0 Å². The van der Waals surface area contributed by atoms with E-state index in [1.165, 1.54) is 11.1 Å². The summed E-state index contributed by atoms with van der Waals surface area (Å²) < 4.78 is 12.7. The molecule has 0 aromatic heterocycles. The third-order valence-corrected chi connectivity index (χ3v) is 5.51. The van der Waals surface area contributed by atoms with Crippen molar-refractivity contribution < 1.29 is 9.47 Å². The van der Waals surface area contributed by atoms with Gasteiger partial charge < -0.3 is 9.47 Å². The Bertz CT molecular complexity index is 811. The highest BCUT2D eigenvalue weighted by atomic mass is 16.5. The maximum absolute atomic E-state index is 6.38. The molecule has 0 bridgehead atoms. The number of rotatable bonds is 6. The maximum atomic E-state index is 6.38. The summed E-state index contributed by atoms with van der Waals surface area (Å²) in [6.45, 7) is 13.0. The summed E-state index contributed by atoms with van der Waals surface area (Å²) in [6.07, 6.45) is 8.23.